The molecule has 0 saturated carbocycles. The molecule has 3 fully saturated rings. The number of hydrogen-bond donors (Lipinski definition) is 4. The molecule has 0 bridgehead atoms. The molecule has 5 amide bonds. The third-order valence-electron chi connectivity index (χ3n) is 16.0. The number of rotatable bonds is 13. The Morgan fingerprint density at radius 3 is 2.33 bits per heavy atom. The molecule has 1 unspecified atom stereocenters. The van der Waals surface area contributed by atoms with E-state index < -0.39 is 56.4 Å². The fraction of sp³-hybridized carbons (Fsp3) is 0.455. The lowest BCUT2D eigenvalue weighted by molar-refractivity contribution is -0.161. The van der Waals surface area contributed by atoms with Gasteiger partial charge in [-0.25, -0.2) is 19.5 Å². The number of fused-ring (bicyclic) bond motifs is 4. The lowest BCUT2D eigenvalue weighted by Gasteiger charge is -2.46. The molecule has 6 aliphatic rings. The van der Waals surface area contributed by atoms with Gasteiger partial charge >= 0.3 is 7.82 Å². The number of nitrogens with zero attached hydrogens (tertiary/aromatic N) is 9. The van der Waals surface area contributed by atoms with Crippen LogP contribution in [-0.2, 0) is 43.5 Å². The number of carbonyl (C=O) groups excluding carboxylic acids is 5. The molecule has 11 rings (SSSR count). The first kappa shape index (κ1) is 49.6. The number of thiophene rings is 1. The number of amides is 5. The molecule has 410 valence electrons. The SMILES string of the molecule is [2H]C([2H])([2H])Oc1ncc(-c2ccnc(N3CCc4c(sc5c4CCCC5)C3=O)c2C(C)(C)O)cc1Nc1ccc(N2CCN(C3CCN(c4ccc5c(c4)C(=O)N([C@H]4CCC(=O)N(C(C)OP(=O)(O)O)C4=O)C5=O)CC3)C[C@@H]2C)cn1. The van der Waals surface area contributed by atoms with Crippen LogP contribution < -0.4 is 24.8 Å². The van der Waals surface area contributed by atoms with Crippen LogP contribution in [0.15, 0.2) is 61.1 Å². The summed E-state index contributed by atoms with van der Waals surface area (Å²) >= 11 is 1.58. The van der Waals surface area contributed by atoms with E-state index in [0.29, 0.717) is 65.3 Å². The third kappa shape index (κ3) is 9.96. The summed E-state index contributed by atoms with van der Waals surface area (Å²) in [5.41, 5.74) is 4.64. The summed E-state index contributed by atoms with van der Waals surface area (Å²) in [6.07, 6.45) is 9.43. The van der Waals surface area contributed by atoms with Gasteiger partial charge < -0.3 is 34.7 Å². The molecule has 21 nitrogen and oxygen atoms in total. The Bertz CT molecular complexity index is 3400. The monoisotopic (exact) mass is 1110 g/mol. The molecule has 3 saturated heterocycles. The molecule has 78 heavy (non-hydrogen) atoms. The Morgan fingerprint density at radius 1 is 0.833 bits per heavy atom. The Morgan fingerprint density at radius 2 is 1.60 bits per heavy atom. The van der Waals surface area contributed by atoms with Crippen molar-refractivity contribution in [1.29, 1.82) is 0 Å². The minimum Gasteiger partial charge on any atom is -0.480 e. The second-order valence-corrected chi connectivity index (χ2v) is 23.7. The number of methoxy groups -OCH3 is 1. The third-order valence-corrected chi connectivity index (χ3v) is 17.9. The van der Waals surface area contributed by atoms with Gasteiger partial charge in [-0.3, -0.25) is 48.1 Å². The molecule has 1 aliphatic carbocycles. The van der Waals surface area contributed by atoms with E-state index in [1.165, 1.54) is 16.6 Å². The smallest absolute Gasteiger partial charge is 0.471 e. The maximum atomic E-state index is 14.3. The first-order chi connectivity index (χ1) is 38.4. The van der Waals surface area contributed by atoms with Crippen LogP contribution in [-0.4, -0.2) is 145 Å². The average molecular weight is 1110 g/mol. The van der Waals surface area contributed by atoms with Crippen LogP contribution in [0.3, 0.4) is 0 Å². The van der Waals surface area contributed by atoms with Crippen LogP contribution in [0.4, 0.5) is 28.7 Å². The van der Waals surface area contributed by atoms with Crippen molar-refractivity contribution in [2.75, 3.05) is 66.3 Å². The van der Waals surface area contributed by atoms with E-state index in [-0.39, 0.29) is 47.5 Å². The van der Waals surface area contributed by atoms with Crippen LogP contribution in [0.2, 0.25) is 0 Å². The largest absolute Gasteiger partial charge is 0.480 e. The topological polar surface area (TPSA) is 252 Å². The number of phosphoric acid groups is 1. The lowest BCUT2D eigenvalue weighted by atomic mass is 9.89. The molecule has 0 radical (unpaired) electrons. The number of piperidine rings is 2. The van der Waals surface area contributed by atoms with Crippen molar-refractivity contribution in [2.24, 2.45) is 0 Å². The van der Waals surface area contributed by atoms with E-state index >= 15 is 0 Å². The van der Waals surface area contributed by atoms with Crippen molar-refractivity contribution in [3.05, 3.63) is 98.6 Å². The number of anilines is 5. The zero-order chi connectivity index (χ0) is 57.4. The Balaban J connectivity index is 0.735. The second kappa shape index (κ2) is 20.9. The van der Waals surface area contributed by atoms with Gasteiger partial charge in [0, 0.05) is 91.9 Å². The number of ether oxygens (including phenoxy) is 1. The number of aromatic nitrogens is 3. The first-order valence-corrected chi connectivity index (χ1v) is 28.7. The minimum absolute atomic E-state index is 0.122. The highest BCUT2D eigenvalue weighted by molar-refractivity contribution is 7.46. The molecule has 5 aromatic rings. The number of phosphoric ester groups is 1. The van der Waals surface area contributed by atoms with Gasteiger partial charge in [0.05, 0.1) is 44.6 Å². The Kier molecular flexibility index (Phi) is 13.3. The molecule has 23 heteroatoms. The number of carbonyl (C=O) groups is 5. The van der Waals surface area contributed by atoms with Crippen molar-refractivity contribution in [2.45, 2.75) is 115 Å². The number of nitrogens with one attached hydrogen (secondary N) is 1. The van der Waals surface area contributed by atoms with Crippen molar-refractivity contribution in [3.63, 3.8) is 0 Å². The zero-order valence-electron chi connectivity index (χ0n) is 46.7. The molecule has 4 aromatic heterocycles. The summed E-state index contributed by atoms with van der Waals surface area (Å²) in [7, 11) is -7.90. The summed E-state index contributed by atoms with van der Waals surface area (Å²) in [4.78, 5) is 112. The molecule has 9 heterocycles. The van der Waals surface area contributed by atoms with E-state index in [2.05, 4.69) is 36.4 Å². The van der Waals surface area contributed by atoms with Crippen LogP contribution in [0.25, 0.3) is 11.1 Å². The highest BCUT2D eigenvalue weighted by atomic mass is 32.1. The summed E-state index contributed by atoms with van der Waals surface area (Å²) < 4.78 is 45.2. The number of hydrogen-bond acceptors (Lipinski definition) is 17. The molecular formula is C55H63N10O11PS. The number of aliphatic hydroxyl groups is 1. The molecule has 3 atom stereocenters. The Labute approximate surface area is 459 Å². The summed E-state index contributed by atoms with van der Waals surface area (Å²) in [5, 5.41) is 15.0. The van der Waals surface area contributed by atoms with Crippen LogP contribution >= 0.6 is 19.2 Å². The van der Waals surface area contributed by atoms with Gasteiger partial charge in [0.25, 0.3) is 23.6 Å². The van der Waals surface area contributed by atoms with Gasteiger partial charge in [0.1, 0.15) is 29.6 Å². The van der Waals surface area contributed by atoms with Crippen molar-refractivity contribution in [1.82, 2.24) is 29.7 Å². The maximum absolute atomic E-state index is 14.3. The molecule has 0 spiro atoms. The summed E-state index contributed by atoms with van der Waals surface area (Å²) in [6, 6.07) is 11.3. The number of benzene rings is 1. The van der Waals surface area contributed by atoms with E-state index in [9.17, 15) is 43.4 Å². The van der Waals surface area contributed by atoms with Gasteiger partial charge in [0.15, 0.2) is 0 Å². The van der Waals surface area contributed by atoms with Crippen LogP contribution in [0, 0.1) is 0 Å². The molecule has 5 aliphatic heterocycles. The fourth-order valence-corrected chi connectivity index (χ4v) is 14.2. The van der Waals surface area contributed by atoms with E-state index in [1.54, 1.807) is 72.8 Å². The predicted octanol–water partition coefficient (Wildman–Crippen LogP) is 6.41. The first-order valence-electron chi connectivity index (χ1n) is 27.9. The highest BCUT2D eigenvalue weighted by Gasteiger charge is 2.49. The van der Waals surface area contributed by atoms with Crippen molar-refractivity contribution >= 4 is 77.4 Å². The van der Waals surface area contributed by atoms with E-state index in [0.717, 1.165) is 91.8 Å². The quantitative estimate of drug-likeness (QED) is 0.0734. The standard InChI is InChI=1S/C55H63N10O11PS/c1-31-30-61(34-17-21-60(22-18-34)35-10-12-40-41(27-35)52(68)65(51(40)67)43-13-15-46(66)64(53(43)69)32(2)76-77(72,73)74)24-25-62(31)36-11-14-45(57-29-36)59-42-26-33(28-58-50(42)75-5)37-16-20-56-49(47(37)55(3,4)71)63-23-19-39-38-8-6-7-9-44(38)78-48(39)54(63)70/h10-12,14,16,20,26-29,31-32,34,43,71H,6-9,13,15,17-19,21-25,30H2,1-5H3,(H,57,59)(H2,72,73,74)/t31-,32?,43-/m0/s1/i5D3. The zero-order valence-corrected chi connectivity index (χ0v) is 45.4. The van der Waals surface area contributed by atoms with Gasteiger partial charge in [0.2, 0.25) is 11.8 Å². The molecule has 4 N–H and O–H groups in total. The van der Waals surface area contributed by atoms with Crippen LogP contribution in [0.1, 0.15) is 122 Å². The molecule has 1 aromatic carbocycles. The fourth-order valence-electron chi connectivity index (χ4n) is 12.3. The number of piperazine rings is 1. The average Bonchev–Trinajstić information content (AvgIpc) is 4.01. The number of likely N-dealkylation sites (tertiary alicyclic amines) is 1. The highest BCUT2D eigenvalue weighted by Crippen LogP contribution is 2.44. The lowest BCUT2D eigenvalue weighted by Crippen LogP contribution is -2.58. The number of pyridine rings is 3. The minimum atomic E-state index is -5.08. The van der Waals surface area contributed by atoms with E-state index in [1.807, 2.05) is 12.1 Å². The van der Waals surface area contributed by atoms with Gasteiger partial charge in [-0.05, 0) is 138 Å². The van der Waals surface area contributed by atoms with Gasteiger partial charge in [-0.15, -0.1) is 11.3 Å². The molecular weight excluding hydrogens is 1040 g/mol. The normalized spacial score (nSPS) is 21.8. The second-order valence-electron chi connectivity index (χ2n) is 21.4. The maximum Gasteiger partial charge on any atom is 0.471 e. The Hall–Kier alpha value is -6.65. The number of imide groups is 2. The number of aryl methyl sites for hydroxylation is 1. The summed E-state index contributed by atoms with van der Waals surface area (Å²) in [6.45, 7) is 10.7. The van der Waals surface area contributed by atoms with Crippen molar-refractivity contribution in [3.8, 4) is 17.0 Å². The van der Waals surface area contributed by atoms with Crippen LogP contribution in [0.5, 0.6) is 5.88 Å². The van der Waals surface area contributed by atoms with Crippen molar-refractivity contribution < 1.29 is 56.8 Å². The predicted molar refractivity (Wildman–Crippen MR) is 291 cm³/mol. The van der Waals surface area contributed by atoms with Gasteiger partial charge in [-0.2, -0.15) is 0 Å². The van der Waals surface area contributed by atoms with E-state index in [4.69, 9.17) is 18.8 Å². The summed E-state index contributed by atoms with van der Waals surface area (Å²) in [5.74, 6) is -2.63. The van der Waals surface area contributed by atoms with Gasteiger partial charge in [-0.1, -0.05) is 0 Å².